The second-order valence-corrected chi connectivity index (χ2v) is 9.67. The fraction of sp³-hybridized carbons (Fsp3) is 0.200. The fourth-order valence-corrected chi connectivity index (χ4v) is 4.95. The highest BCUT2D eigenvalue weighted by atomic mass is 32.2. The molecule has 34 heavy (non-hydrogen) atoms. The number of anilines is 2. The number of rotatable bonds is 7. The Morgan fingerprint density at radius 2 is 1.65 bits per heavy atom. The predicted octanol–water partition coefficient (Wildman–Crippen LogP) is 4.32. The van der Waals surface area contributed by atoms with Crippen LogP contribution in [0.1, 0.15) is 30.9 Å². The number of sulfonamides is 1. The number of carbonyl (C=O) groups excluding carboxylic acids is 2. The Kier molecular flexibility index (Phi) is 6.93. The van der Waals surface area contributed by atoms with Crippen molar-refractivity contribution in [3.8, 4) is 0 Å². The van der Waals surface area contributed by atoms with Gasteiger partial charge in [0.05, 0.1) is 10.6 Å². The molecule has 0 radical (unpaired) electrons. The van der Waals surface area contributed by atoms with Gasteiger partial charge in [0.1, 0.15) is 11.9 Å². The Morgan fingerprint density at radius 3 is 2.32 bits per heavy atom. The number of hydrogen-bond acceptors (Lipinski definition) is 4. The van der Waals surface area contributed by atoms with Crippen LogP contribution in [0, 0.1) is 5.82 Å². The van der Waals surface area contributed by atoms with E-state index >= 15 is 0 Å². The molecular weight excluding hydrogens is 457 g/mol. The largest absolute Gasteiger partial charge is 0.327 e. The van der Waals surface area contributed by atoms with Gasteiger partial charge in [-0.2, -0.15) is 0 Å². The van der Waals surface area contributed by atoms with Gasteiger partial charge in [-0.15, -0.1) is 0 Å². The summed E-state index contributed by atoms with van der Waals surface area (Å²) < 4.78 is 40.9. The molecule has 1 unspecified atom stereocenters. The first kappa shape index (κ1) is 23.4. The lowest BCUT2D eigenvalue weighted by Gasteiger charge is -2.34. The average molecular weight is 482 g/mol. The molecule has 0 spiro atoms. The van der Waals surface area contributed by atoms with Gasteiger partial charge in [0.25, 0.3) is 15.9 Å². The third-order valence-electron chi connectivity index (χ3n) is 5.54. The third kappa shape index (κ3) is 5.43. The molecule has 1 aliphatic rings. The van der Waals surface area contributed by atoms with Gasteiger partial charge in [0, 0.05) is 18.7 Å². The molecule has 1 aliphatic heterocycles. The molecule has 4 rings (SSSR count). The SMILES string of the molecule is O=C(Nc1ccc(S(=O)(=O)Nc2cccc(F)c2)cc1)C(c1ccccc1)N1CCCCC1=O. The summed E-state index contributed by atoms with van der Waals surface area (Å²) in [7, 11) is -3.94. The van der Waals surface area contributed by atoms with Gasteiger partial charge in [-0.05, 0) is 60.9 Å². The minimum Gasteiger partial charge on any atom is -0.327 e. The van der Waals surface area contributed by atoms with E-state index in [-0.39, 0.29) is 22.4 Å². The van der Waals surface area contributed by atoms with Crippen molar-refractivity contribution in [2.24, 2.45) is 0 Å². The van der Waals surface area contributed by atoms with Crippen molar-refractivity contribution in [3.63, 3.8) is 0 Å². The number of amides is 2. The highest BCUT2D eigenvalue weighted by Gasteiger charge is 2.32. The number of halogens is 1. The number of piperidine rings is 1. The van der Waals surface area contributed by atoms with Crippen molar-refractivity contribution >= 4 is 33.2 Å². The highest BCUT2D eigenvalue weighted by molar-refractivity contribution is 7.92. The highest BCUT2D eigenvalue weighted by Crippen LogP contribution is 2.27. The molecular formula is C25H24FN3O4S. The van der Waals surface area contributed by atoms with E-state index in [1.54, 1.807) is 17.0 Å². The number of nitrogens with zero attached hydrogens (tertiary/aromatic N) is 1. The molecule has 0 aliphatic carbocycles. The van der Waals surface area contributed by atoms with Gasteiger partial charge in [-0.3, -0.25) is 14.3 Å². The van der Waals surface area contributed by atoms with E-state index in [9.17, 15) is 22.4 Å². The van der Waals surface area contributed by atoms with Crippen LogP contribution in [0.4, 0.5) is 15.8 Å². The molecule has 9 heteroatoms. The Morgan fingerprint density at radius 1 is 0.912 bits per heavy atom. The van der Waals surface area contributed by atoms with Crippen molar-refractivity contribution in [3.05, 3.63) is 90.2 Å². The van der Waals surface area contributed by atoms with Crippen LogP contribution in [-0.2, 0) is 19.6 Å². The summed E-state index contributed by atoms with van der Waals surface area (Å²) in [6, 6.07) is 19.1. The van der Waals surface area contributed by atoms with Gasteiger partial charge in [0.2, 0.25) is 5.91 Å². The van der Waals surface area contributed by atoms with E-state index in [4.69, 9.17) is 0 Å². The summed E-state index contributed by atoms with van der Waals surface area (Å²) in [5.41, 5.74) is 1.20. The maximum atomic E-state index is 13.4. The normalized spacial score (nSPS) is 15.0. The van der Waals surface area contributed by atoms with E-state index in [0.29, 0.717) is 24.2 Å². The van der Waals surface area contributed by atoms with Crippen LogP contribution in [0.25, 0.3) is 0 Å². The lowest BCUT2D eigenvalue weighted by Crippen LogP contribution is -2.43. The van der Waals surface area contributed by atoms with E-state index in [0.717, 1.165) is 18.9 Å². The molecule has 1 saturated heterocycles. The maximum absolute atomic E-state index is 13.4. The van der Waals surface area contributed by atoms with Gasteiger partial charge in [-0.25, -0.2) is 12.8 Å². The maximum Gasteiger partial charge on any atom is 0.261 e. The quantitative estimate of drug-likeness (QED) is 0.525. The minimum atomic E-state index is -3.94. The predicted molar refractivity (Wildman–Crippen MR) is 127 cm³/mol. The smallest absolute Gasteiger partial charge is 0.261 e. The van der Waals surface area contributed by atoms with Gasteiger partial charge in [0.15, 0.2) is 0 Å². The van der Waals surface area contributed by atoms with Crippen LogP contribution in [0.15, 0.2) is 83.8 Å². The van der Waals surface area contributed by atoms with Crippen LogP contribution in [0.3, 0.4) is 0 Å². The first-order valence-electron chi connectivity index (χ1n) is 10.9. The Hall–Kier alpha value is -3.72. The second kappa shape index (κ2) is 10.0. The van der Waals surface area contributed by atoms with Crippen molar-refractivity contribution < 1.29 is 22.4 Å². The molecule has 1 heterocycles. The van der Waals surface area contributed by atoms with Gasteiger partial charge < -0.3 is 10.2 Å². The average Bonchev–Trinajstić information content (AvgIpc) is 2.81. The molecule has 1 atom stereocenters. The number of nitrogens with one attached hydrogen (secondary N) is 2. The fourth-order valence-electron chi connectivity index (χ4n) is 3.90. The molecule has 176 valence electrons. The molecule has 1 fully saturated rings. The summed E-state index contributed by atoms with van der Waals surface area (Å²) >= 11 is 0. The van der Waals surface area contributed by atoms with E-state index in [2.05, 4.69) is 10.0 Å². The number of likely N-dealkylation sites (tertiary alicyclic amines) is 1. The summed E-state index contributed by atoms with van der Waals surface area (Å²) in [4.78, 5) is 27.3. The minimum absolute atomic E-state index is 0.0411. The van der Waals surface area contributed by atoms with Gasteiger partial charge >= 0.3 is 0 Å². The molecule has 0 aromatic heterocycles. The van der Waals surface area contributed by atoms with Crippen LogP contribution in [0.5, 0.6) is 0 Å². The molecule has 7 nitrogen and oxygen atoms in total. The molecule has 3 aromatic rings. The summed E-state index contributed by atoms with van der Waals surface area (Å²) in [5, 5.41) is 2.80. The van der Waals surface area contributed by atoms with E-state index in [1.807, 2.05) is 18.2 Å². The third-order valence-corrected chi connectivity index (χ3v) is 6.94. The Balaban J connectivity index is 1.52. The zero-order valence-corrected chi connectivity index (χ0v) is 19.1. The number of benzene rings is 3. The summed E-state index contributed by atoms with van der Waals surface area (Å²) in [5.74, 6) is -1.01. The zero-order chi connectivity index (χ0) is 24.1. The van der Waals surface area contributed by atoms with Crippen molar-refractivity contribution in [2.45, 2.75) is 30.2 Å². The zero-order valence-electron chi connectivity index (χ0n) is 18.3. The second-order valence-electron chi connectivity index (χ2n) is 7.99. The lowest BCUT2D eigenvalue weighted by atomic mass is 10.0. The first-order valence-corrected chi connectivity index (χ1v) is 12.4. The topological polar surface area (TPSA) is 95.6 Å². The lowest BCUT2D eigenvalue weighted by molar-refractivity contribution is -0.141. The van der Waals surface area contributed by atoms with Crippen molar-refractivity contribution in [1.82, 2.24) is 4.90 Å². The van der Waals surface area contributed by atoms with Crippen LogP contribution < -0.4 is 10.0 Å². The Bertz CT molecular complexity index is 1280. The van der Waals surface area contributed by atoms with Gasteiger partial charge in [-0.1, -0.05) is 36.4 Å². The monoisotopic (exact) mass is 481 g/mol. The molecule has 3 aromatic carbocycles. The number of carbonyl (C=O) groups is 2. The van der Waals surface area contributed by atoms with Crippen LogP contribution >= 0.6 is 0 Å². The van der Waals surface area contributed by atoms with Crippen molar-refractivity contribution in [2.75, 3.05) is 16.6 Å². The molecule has 2 N–H and O–H groups in total. The van der Waals surface area contributed by atoms with Crippen molar-refractivity contribution in [1.29, 1.82) is 0 Å². The standard InChI is InChI=1S/C25H24FN3O4S/c26-19-9-6-10-21(17-19)28-34(32,33)22-14-12-20(13-15-22)27-25(31)24(18-7-2-1-3-8-18)29-16-5-4-11-23(29)30/h1-3,6-10,12-15,17,24,28H,4-5,11,16H2,(H,27,31). The first-order chi connectivity index (χ1) is 16.3. The van der Waals surface area contributed by atoms with Crippen LogP contribution in [0.2, 0.25) is 0 Å². The van der Waals surface area contributed by atoms with E-state index in [1.165, 1.54) is 42.5 Å². The number of hydrogen-bond donors (Lipinski definition) is 2. The van der Waals surface area contributed by atoms with E-state index < -0.39 is 21.9 Å². The molecule has 0 saturated carbocycles. The summed E-state index contributed by atoms with van der Waals surface area (Å²) in [6.07, 6.45) is 2.03. The molecule has 0 bridgehead atoms. The van der Waals surface area contributed by atoms with Crippen LogP contribution in [-0.4, -0.2) is 31.7 Å². The molecule has 2 amide bonds. The Labute approximate surface area is 197 Å². The summed E-state index contributed by atoms with van der Waals surface area (Å²) in [6.45, 7) is 0.495.